The zero-order valence-electron chi connectivity index (χ0n) is 6.14. The molecule has 32 valence electrons. The first kappa shape index (κ1) is 1.66. The second-order valence-electron chi connectivity index (χ2n) is 1.01. The predicted molar refractivity (Wildman–Crippen MR) is 29.1 cm³/mol. The number of hydrogen-bond donors (Lipinski definition) is 0. The molecular weight excluding hydrogens is 92.1 g/mol. The molecule has 1 aromatic rings. The average Bonchev–Trinajstić information content (AvgIpc) is 2.08. The lowest BCUT2D eigenvalue weighted by Gasteiger charge is -1.65. The molecule has 0 amide bonds. The van der Waals surface area contributed by atoms with Crippen molar-refractivity contribution >= 4 is 11.3 Å². The van der Waals surface area contributed by atoms with Crippen LogP contribution in [0, 0.1) is 6.85 Å². The summed E-state index contributed by atoms with van der Waals surface area (Å²) in [6.07, 6.45) is 0. The predicted octanol–water partition coefficient (Wildman–Crippen LogP) is 2.06. The van der Waals surface area contributed by atoms with Crippen LogP contribution in [0.3, 0.4) is 0 Å². The summed E-state index contributed by atoms with van der Waals surface area (Å²) in [6, 6.07) is 1.62. The Morgan fingerprint density at radius 2 is 3.00 bits per heavy atom. The molecule has 1 heterocycles. The third-order valence-corrected chi connectivity index (χ3v) is 1.20. The van der Waals surface area contributed by atoms with E-state index in [-0.39, 0.29) is 0 Å². The van der Waals surface area contributed by atoms with Crippen molar-refractivity contribution < 1.29 is 4.11 Å². The first-order chi connectivity index (χ1) is 4.11. The van der Waals surface area contributed by atoms with E-state index in [4.69, 9.17) is 4.11 Å². The van der Waals surface area contributed by atoms with Crippen LogP contribution < -0.4 is 0 Å². The van der Waals surface area contributed by atoms with Crippen molar-refractivity contribution in [1.82, 2.24) is 0 Å². The lowest BCUT2D eigenvalue weighted by molar-refractivity contribution is 1.56. The molecule has 0 bridgehead atoms. The zero-order valence-corrected chi connectivity index (χ0v) is 3.96. The van der Waals surface area contributed by atoms with Gasteiger partial charge in [0.25, 0.3) is 0 Å². The molecule has 0 N–H and O–H groups in total. The first-order valence-corrected chi connectivity index (χ1v) is 2.57. The van der Waals surface area contributed by atoms with Gasteiger partial charge in [-0.05, 0) is 29.2 Å². The van der Waals surface area contributed by atoms with Gasteiger partial charge in [-0.25, -0.2) is 0 Å². The molecule has 0 aliphatic carbocycles. The minimum atomic E-state index is -1.92. The molecule has 0 saturated heterocycles. The molecule has 1 aromatic heterocycles. The Hall–Kier alpha value is -0.300. The highest BCUT2D eigenvalue weighted by Crippen LogP contribution is 2.01. The summed E-state index contributed by atoms with van der Waals surface area (Å²) < 4.78 is 20.8. The maximum atomic E-state index is 6.93. The number of aryl methyl sites for hydroxylation is 1. The standard InChI is InChI=1S/C5H6S/c1-5-2-3-6-4-5/h2-4H,1H3/i1D3. The first-order valence-electron chi connectivity index (χ1n) is 3.13. The van der Waals surface area contributed by atoms with Gasteiger partial charge >= 0.3 is 0 Å². The van der Waals surface area contributed by atoms with Gasteiger partial charge < -0.3 is 0 Å². The summed E-state index contributed by atoms with van der Waals surface area (Å²) in [5.41, 5.74) is 0.438. The number of rotatable bonds is 0. The van der Waals surface area contributed by atoms with Crippen molar-refractivity contribution in [2.75, 3.05) is 0 Å². The highest BCUT2D eigenvalue weighted by molar-refractivity contribution is 7.07. The van der Waals surface area contributed by atoms with Gasteiger partial charge in [0, 0.05) is 4.11 Å². The summed E-state index contributed by atoms with van der Waals surface area (Å²) >= 11 is 1.41. The van der Waals surface area contributed by atoms with Crippen LogP contribution in [-0.4, -0.2) is 0 Å². The van der Waals surface area contributed by atoms with E-state index in [1.807, 2.05) is 0 Å². The van der Waals surface area contributed by atoms with Crippen LogP contribution in [0.15, 0.2) is 16.8 Å². The molecule has 0 atom stereocenters. The van der Waals surface area contributed by atoms with Gasteiger partial charge in [0.15, 0.2) is 0 Å². The Morgan fingerprint density at radius 3 is 3.33 bits per heavy atom. The minimum Gasteiger partial charge on any atom is -0.152 e. The fourth-order valence-electron chi connectivity index (χ4n) is 0.264. The minimum absolute atomic E-state index is 0.438. The van der Waals surface area contributed by atoms with E-state index < -0.39 is 6.85 Å². The van der Waals surface area contributed by atoms with Gasteiger partial charge in [-0.1, -0.05) is 0 Å². The summed E-state index contributed by atoms with van der Waals surface area (Å²) in [5.74, 6) is 0. The molecule has 0 radical (unpaired) electrons. The Labute approximate surface area is 45.7 Å². The van der Waals surface area contributed by atoms with Crippen molar-refractivity contribution in [3.8, 4) is 0 Å². The Morgan fingerprint density at radius 1 is 2.00 bits per heavy atom. The molecule has 6 heavy (non-hydrogen) atoms. The maximum Gasteiger partial charge on any atom is 0.0280 e. The van der Waals surface area contributed by atoms with Gasteiger partial charge in [0.1, 0.15) is 0 Å². The van der Waals surface area contributed by atoms with E-state index in [0.717, 1.165) is 0 Å². The molecular formula is C5H6S. The van der Waals surface area contributed by atoms with Gasteiger partial charge in [0.2, 0.25) is 0 Å². The lowest BCUT2D eigenvalue weighted by Crippen LogP contribution is -1.47. The molecule has 0 aromatic carbocycles. The summed E-state index contributed by atoms with van der Waals surface area (Å²) in [5, 5.41) is 3.41. The number of thiophene rings is 1. The van der Waals surface area contributed by atoms with E-state index in [9.17, 15) is 0 Å². The summed E-state index contributed by atoms with van der Waals surface area (Å²) in [4.78, 5) is 0. The zero-order chi connectivity index (χ0) is 6.91. The van der Waals surface area contributed by atoms with Gasteiger partial charge in [-0.3, -0.25) is 0 Å². The Bertz CT molecular complexity index is 175. The van der Waals surface area contributed by atoms with Crippen LogP contribution >= 0.6 is 11.3 Å². The average molecular weight is 101 g/mol. The molecule has 0 fully saturated rings. The van der Waals surface area contributed by atoms with E-state index in [1.54, 1.807) is 16.8 Å². The Kier molecular flexibility index (Phi) is 0.397. The molecule has 0 aliphatic heterocycles. The second kappa shape index (κ2) is 1.43. The topological polar surface area (TPSA) is 0 Å². The SMILES string of the molecule is [2H]C([2H])([2H])c1ccsc1. The van der Waals surface area contributed by atoms with Crippen LogP contribution in [0.1, 0.15) is 9.68 Å². The molecule has 1 rings (SSSR count). The van der Waals surface area contributed by atoms with E-state index in [2.05, 4.69) is 0 Å². The third-order valence-electron chi connectivity index (χ3n) is 0.521. The second-order valence-corrected chi connectivity index (χ2v) is 1.79. The fraction of sp³-hybridized carbons (Fsp3) is 0.200. The van der Waals surface area contributed by atoms with Crippen molar-refractivity contribution in [3.05, 3.63) is 22.4 Å². The van der Waals surface area contributed by atoms with Crippen LogP contribution in [0.2, 0.25) is 0 Å². The number of hydrogen-bond acceptors (Lipinski definition) is 1. The largest absolute Gasteiger partial charge is 0.152 e. The van der Waals surface area contributed by atoms with Crippen LogP contribution in [0.25, 0.3) is 0 Å². The third kappa shape index (κ3) is 0.601. The lowest BCUT2D eigenvalue weighted by atomic mass is 10.4. The summed E-state index contributed by atoms with van der Waals surface area (Å²) in [7, 11) is 0. The van der Waals surface area contributed by atoms with Gasteiger partial charge in [0.05, 0.1) is 0 Å². The maximum absolute atomic E-state index is 6.93. The van der Waals surface area contributed by atoms with Gasteiger partial charge in [-0.2, -0.15) is 11.3 Å². The fourth-order valence-corrected chi connectivity index (χ4v) is 0.793. The van der Waals surface area contributed by atoms with E-state index in [1.165, 1.54) is 11.3 Å². The van der Waals surface area contributed by atoms with Crippen molar-refractivity contribution in [2.24, 2.45) is 0 Å². The van der Waals surface area contributed by atoms with Crippen molar-refractivity contribution in [3.63, 3.8) is 0 Å². The highest BCUT2D eigenvalue weighted by Gasteiger charge is 1.74. The molecule has 0 saturated carbocycles. The summed E-state index contributed by atoms with van der Waals surface area (Å²) in [6.45, 7) is -1.92. The van der Waals surface area contributed by atoms with Gasteiger partial charge in [-0.15, -0.1) is 0 Å². The van der Waals surface area contributed by atoms with E-state index >= 15 is 0 Å². The molecule has 0 nitrogen and oxygen atoms in total. The smallest absolute Gasteiger partial charge is 0.0280 e. The molecule has 0 aliphatic rings. The molecule has 0 spiro atoms. The highest BCUT2D eigenvalue weighted by atomic mass is 32.1. The van der Waals surface area contributed by atoms with Crippen molar-refractivity contribution in [1.29, 1.82) is 0 Å². The quantitative estimate of drug-likeness (QED) is 0.469. The normalized spacial score (nSPS) is 18.3. The molecule has 0 unspecified atom stereocenters. The Balaban J connectivity index is 2.90. The monoisotopic (exact) mass is 101 g/mol. The van der Waals surface area contributed by atoms with Crippen LogP contribution in [0.4, 0.5) is 0 Å². The van der Waals surface area contributed by atoms with Crippen LogP contribution in [-0.2, 0) is 0 Å². The van der Waals surface area contributed by atoms with Crippen LogP contribution in [0.5, 0.6) is 0 Å². The van der Waals surface area contributed by atoms with Crippen molar-refractivity contribution in [2.45, 2.75) is 6.85 Å². The van der Waals surface area contributed by atoms with E-state index in [0.29, 0.717) is 5.56 Å². The molecule has 1 heteroatoms.